The lowest BCUT2D eigenvalue weighted by Gasteiger charge is -1.87. The molecule has 0 heterocycles. The molecule has 0 aromatic heterocycles. The van der Waals surface area contributed by atoms with E-state index in [1.807, 2.05) is 0 Å². The van der Waals surface area contributed by atoms with Crippen molar-refractivity contribution >= 4 is 23.2 Å². The first-order chi connectivity index (χ1) is 4.00. The van der Waals surface area contributed by atoms with E-state index in [-0.39, 0.29) is 0 Å². The second-order valence-corrected chi connectivity index (χ2v) is 2.00. The van der Waals surface area contributed by atoms with Crippen LogP contribution in [0.4, 0.5) is 26.3 Å². The first-order valence-corrected chi connectivity index (χ1v) is 2.27. The zero-order valence-electron chi connectivity index (χ0n) is 4.02. The van der Waals surface area contributed by atoms with Gasteiger partial charge in [-0.15, -0.1) is 17.6 Å². The Kier molecular flexibility index (Phi) is 5.28. The van der Waals surface area contributed by atoms with Crippen molar-refractivity contribution in [3.63, 3.8) is 0 Å². The van der Waals surface area contributed by atoms with Crippen LogP contribution >= 0.6 is 23.2 Å². The molecule has 0 saturated heterocycles. The van der Waals surface area contributed by atoms with Gasteiger partial charge in [-0.05, 0) is 23.2 Å². The van der Waals surface area contributed by atoms with Crippen molar-refractivity contribution in [3.05, 3.63) is 0 Å². The van der Waals surface area contributed by atoms with E-state index in [4.69, 9.17) is 0 Å². The van der Waals surface area contributed by atoms with Gasteiger partial charge in [0.15, 0.2) is 0 Å². The van der Waals surface area contributed by atoms with Crippen molar-refractivity contribution in [1.29, 1.82) is 0 Å². The standard InChI is InChI=1S/CCl2F2.CF4/c2*2-1(3,4)5. The van der Waals surface area contributed by atoms with Gasteiger partial charge in [-0.1, -0.05) is 0 Å². The van der Waals surface area contributed by atoms with Crippen LogP contribution in [0.1, 0.15) is 0 Å². The summed E-state index contributed by atoms with van der Waals surface area (Å²) in [6.07, 6.45) is -5.50. The summed E-state index contributed by atoms with van der Waals surface area (Å²) in [4.78, 5) is -3.56. The Bertz CT molecular complexity index is 56.7. The van der Waals surface area contributed by atoms with E-state index < -0.39 is 11.3 Å². The van der Waals surface area contributed by atoms with E-state index >= 15 is 0 Å². The molecule has 0 aliphatic carbocycles. The molecule has 0 aliphatic heterocycles. The average molecular weight is 209 g/mol. The lowest BCUT2D eigenvalue weighted by Crippen LogP contribution is -1.92. The molecule has 0 bridgehead atoms. The van der Waals surface area contributed by atoms with E-state index in [2.05, 4.69) is 23.2 Å². The van der Waals surface area contributed by atoms with Crippen molar-refractivity contribution in [2.75, 3.05) is 0 Å². The maximum atomic E-state index is 10.6. The SMILES string of the molecule is FC(F)(Cl)Cl.FC(F)(F)F. The number of rotatable bonds is 0. The van der Waals surface area contributed by atoms with E-state index in [9.17, 15) is 26.3 Å². The Morgan fingerprint density at radius 3 is 0.700 bits per heavy atom. The van der Waals surface area contributed by atoms with Crippen molar-refractivity contribution in [1.82, 2.24) is 0 Å². The third-order valence-corrected chi connectivity index (χ3v) is 0. The molecular weight excluding hydrogens is 209 g/mol. The Labute approximate surface area is 61.7 Å². The third kappa shape index (κ3) is 16300. The van der Waals surface area contributed by atoms with Crippen molar-refractivity contribution in [2.45, 2.75) is 11.3 Å². The van der Waals surface area contributed by atoms with Crippen molar-refractivity contribution in [3.8, 4) is 0 Å². The largest absolute Gasteiger partial charge is 0.559 e. The van der Waals surface area contributed by atoms with Gasteiger partial charge >= 0.3 is 11.3 Å². The van der Waals surface area contributed by atoms with E-state index in [1.54, 1.807) is 0 Å². The Balaban J connectivity index is 0. The third-order valence-electron chi connectivity index (χ3n) is 0. The second-order valence-electron chi connectivity index (χ2n) is 0.857. The van der Waals surface area contributed by atoms with Gasteiger partial charge in [-0.25, -0.2) is 0 Å². The van der Waals surface area contributed by atoms with Gasteiger partial charge in [0, 0.05) is 0 Å². The van der Waals surface area contributed by atoms with Crippen LogP contribution < -0.4 is 0 Å². The van der Waals surface area contributed by atoms with Crippen LogP contribution in [0.15, 0.2) is 0 Å². The van der Waals surface area contributed by atoms with Crippen LogP contribution in [0, 0.1) is 0 Å². The molecule has 0 aromatic carbocycles. The molecular formula is C2Cl2F6. The Morgan fingerprint density at radius 2 is 0.700 bits per heavy atom. The van der Waals surface area contributed by atoms with Gasteiger partial charge in [0.05, 0.1) is 0 Å². The predicted molar refractivity (Wildman–Crippen MR) is 23.8 cm³/mol. The topological polar surface area (TPSA) is 0 Å². The molecule has 0 N–H and O–H groups in total. The molecule has 0 aliphatic rings. The van der Waals surface area contributed by atoms with Gasteiger partial charge in [0.25, 0.3) is 0 Å². The molecule has 0 spiro atoms. The molecule has 0 unspecified atom stereocenters. The van der Waals surface area contributed by atoms with Gasteiger partial charge in [0.1, 0.15) is 0 Å². The van der Waals surface area contributed by atoms with Crippen LogP contribution in [0.3, 0.4) is 0 Å². The van der Waals surface area contributed by atoms with Crippen molar-refractivity contribution < 1.29 is 26.3 Å². The summed E-state index contributed by atoms with van der Waals surface area (Å²) in [5.41, 5.74) is 0. The van der Waals surface area contributed by atoms with Gasteiger partial charge in [0.2, 0.25) is 0 Å². The highest BCUT2D eigenvalue weighted by Gasteiger charge is 2.24. The number of halogens is 8. The van der Waals surface area contributed by atoms with Crippen LogP contribution in [0.2, 0.25) is 0 Å². The summed E-state index contributed by atoms with van der Waals surface area (Å²) in [7, 11) is 0. The van der Waals surface area contributed by atoms with Crippen LogP contribution in [-0.2, 0) is 0 Å². The maximum Gasteiger partial charge on any atom is 0.559 e. The summed E-state index contributed by atoms with van der Waals surface area (Å²) < 4.78 is 59.9. The van der Waals surface area contributed by atoms with Gasteiger partial charge in [-0.2, -0.15) is 8.78 Å². The first kappa shape index (κ1) is 12.8. The van der Waals surface area contributed by atoms with E-state index in [0.717, 1.165) is 0 Å². The number of hydrogen-bond donors (Lipinski definition) is 0. The minimum absolute atomic E-state index is 3.56. The zero-order chi connectivity index (χ0) is 9.00. The molecule has 0 rings (SSSR count). The molecule has 0 radical (unpaired) electrons. The lowest BCUT2D eigenvalue weighted by atomic mass is 11.5. The first-order valence-electron chi connectivity index (χ1n) is 1.51. The second kappa shape index (κ2) is 4.12. The molecule has 64 valence electrons. The Morgan fingerprint density at radius 1 is 0.700 bits per heavy atom. The van der Waals surface area contributed by atoms with Gasteiger partial charge in [-0.3, -0.25) is 0 Å². The fraction of sp³-hybridized carbons (Fsp3) is 1.00. The van der Waals surface area contributed by atoms with E-state index in [1.165, 1.54) is 0 Å². The normalized spacial score (nSPS) is 12.0. The highest BCUT2D eigenvalue weighted by molar-refractivity contribution is 6.45. The fourth-order valence-electron chi connectivity index (χ4n) is 0. The zero-order valence-corrected chi connectivity index (χ0v) is 5.54. The quantitative estimate of drug-likeness (QED) is 0.423. The highest BCUT2D eigenvalue weighted by Crippen LogP contribution is 2.22. The molecule has 0 saturated carbocycles. The minimum atomic E-state index is -5.50. The molecule has 0 nitrogen and oxygen atoms in total. The average Bonchev–Trinajstić information content (AvgIpc) is 1.12. The molecule has 0 amide bonds. The summed E-state index contributed by atoms with van der Waals surface area (Å²) in [5, 5.41) is 0. The smallest absolute Gasteiger partial charge is 0.172 e. The molecule has 10 heavy (non-hydrogen) atoms. The minimum Gasteiger partial charge on any atom is -0.172 e. The van der Waals surface area contributed by atoms with Gasteiger partial charge < -0.3 is 0 Å². The van der Waals surface area contributed by atoms with Crippen LogP contribution in [-0.4, -0.2) is 11.3 Å². The fourth-order valence-corrected chi connectivity index (χ4v) is 0. The summed E-state index contributed by atoms with van der Waals surface area (Å²) in [6, 6.07) is 0. The monoisotopic (exact) mass is 208 g/mol. The highest BCUT2D eigenvalue weighted by atomic mass is 35.5. The molecule has 8 heteroatoms. The number of alkyl halides is 8. The molecule has 0 aromatic rings. The number of hydrogen-bond acceptors (Lipinski definition) is 0. The predicted octanol–water partition coefficient (Wildman–Crippen LogP) is 3.49. The van der Waals surface area contributed by atoms with Crippen LogP contribution in [0.25, 0.3) is 0 Å². The maximum absolute atomic E-state index is 10.6. The van der Waals surface area contributed by atoms with E-state index in [0.29, 0.717) is 0 Å². The van der Waals surface area contributed by atoms with Crippen LogP contribution in [0.5, 0.6) is 0 Å². The lowest BCUT2D eigenvalue weighted by molar-refractivity contribution is -0.237. The molecule has 0 fully saturated rings. The van der Waals surface area contributed by atoms with Crippen molar-refractivity contribution in [2.24, 2.45) is 0 Å². The summed E-state index contributed by atoms with van der Waals surface area (Å²) >= 11 is 7.92. The summed E-state index contributed by atoms with van der Waals surface area (Å²) in [5.74, 6) is 0. The summed E-state index contributed by atoms with van der Waals surface area (Å²) in [6.45, 7) is 0. The molecule has 0 atom stereocenters. The Hall–Kier alpha value is 0.160.